The number of rotatable bonds is 5. The first-order valence-electron chi connectivity index (χ1n) is 8.89. The number of benzene rings is 2. The normalized spacial score (nSPS) is 17.9. The highest BCUT2D eigenvalue weighted by Crippen LogP contribution is 2.48. The molecule has 25 heavy (non-hydrogen) atoms. The minimum atomic E-state index is 0.0449. The van der Waals surface area contributed by atoms with E-state index < -0.39 is 0 Å². The number of likely N-dealkylation sites (N-methyl/N-ethyl adjacent to an activating group) is 1. The van der Waals surface area contributed by atoms with Gasteiger partial charge in [-0.1, -0.05) is 36.4 Å². The zero-order chi connectivity index (χ0) is 17.6. The number of hydrogen-bond donors (Lipinski definition) is 1. The molecule has 1 aliphatic carbocycles. The summed E-state index contributed by atoms with van der Waals surface area (Å²) in [5.41, 5.74) is 11.2. The molecule has 1 aliphatic heterocycles. The molecule has 0 aromatic heterocycles. The van der Waals surface area contributed by atoms with Crippen LogP contribution in [0.1, 0.15) is 39.9 Å². The Morgan fingerprint density at radius 1 is 1.12 bits per heavy atom. The Labute approximate surface area is 149 Å². The lowest BCUT2D eigenvalue weighted by Crippen LogP contribution is -2.26. The molecule has 4 nitrogen and oxygen atoms in total. The van der Waals surface area contributed by atoms with E-state index in [1.54, 1.807) is 6.07 Å². The number of anilines is 1. The van der Waals surface area contributed by atoms with E-state index in [1.165, 1.54) is 24.0 Å². The third kappa shape index (κ3) is 2.91. The van der Waals surface area contributed by atoms with Gasteiger partial charge in [0, 0.05) is 30.7 Å². The van der Waals surface area contributed by atoms with Crippen molar-refractivity contribution in [1.82, 2.24) is 9.80 Å². The van der Waals surface area contributed by atoms with Crippen LogP contribution in [0, 0.1) is 0 Å². The van der Waals surface area contributed by atoms with Gasteiger partial charge >= 0.3 is 0 Å². The van der Waals surface area contributed by atoms with Crippen molar-refractivity contribution in [2.45, 2.75) is 31.3 Å². The second-order valence-electron chi connectivity index (χ2n) is 7.76. The number of amides is 1. The predicted octanol–water partition coefficient (Wildman–Crippen LogP) is 3.02. The van der Waals surface area contributed by atoms with Crippen molar-refractivity contribution < 1.29 is 4.79 Å². The topological polar surface area (TPSA) is 49.6 Å². The van der Waals surface area contributed by atoms with Crippen LogP contribution in [0.4, 0.5) is 5.69 Å². The average Bonchev–Trinajstić information content (AvgIpc) is 3.27. The van der Waals surface area contributed by atoms with Crippen LogP contribution in [-0.2, 0) is 18.5 Å². The lowest BCUT2D eigenvalue weighted by Gasteiger charge is -2.21. The van der Waals surface area contributed by atoms with Gasteiger partial charge < -0.3 is 15.5 Å². The van der Waals surface area contributed by atoms with Gasteiger partial charge in [-0.25, -0.2) is 0 Å². The summed E-state index contributed by atoms with van der Waals surface area (Å²) in [4.78, 5) is 16.8. The van der Waals surface area contributed by atoms with E-state index in [0.717, 1.165) is 12.1 Å². The van der Waals surface area contributed by atoms with Gasteiger partial charge in [0.25, 0.3) is 5.91 Å². The third-order valence-electron chi connectivity index (χ3n) is 5.46. The molecule has 1 amide bonds. The van der Waals surface area contributed by atoms with E-state index in [-0.39, 0.29) is 5.91 Å². The van der Waals surface area contributed by atoms with E-state index >= 15 is 0 Å². The Kier molecular flexibility index (Phi) is 3.80. The number of fused-ring (bicyclic) bond motifs is 1. The maximum Gasteiger partial charge on any atom is 0.256 e. The molecule has 2 aliphatic rings. The second-order valence-corrected chi connectivity index (χ2v) is 7.76. The summed E-state index contributed by atoms with van der Waals surface area (Å²) < 4.78 is 0. The highest BCUT2D eigenvalue weighted by atomic mass is 16.2. The van der Waals surface area contributed by atoms with E-state index in [1.807, 2.05) is 17.0 Å². The first-order chi connectivity index (χ1) is 12.0. The van der Waals surface area contributed by atoms with Crippen LogP contribution in [0.25, 0.3) is 0 Å². The molecular formula is C21H25N3O. The lowest BCUT2D eigenvalue weighted by atomic mass is 9.94. The fourth-order valence-electron chi connectivity index (χ4n) is 4.05. The van der Waals surface area contributed by atoms with Crippen molar-refractivity contribution in [3.8, 4) is 0 Å². The fraction of sp³-hybridized carbons (Fsp3) is 0.381. The highest BCUT2D eigenvalue weighted by Gasteiger charge is 2.44. The van der Waals surface area contributed by atoms with Gasteiger partial charge in [0.1, 0.15) is 0 Å². The van der Waals surface area contributed by atoms with Gasteiger partial charge in [0.15, 0.2) is 0 Å². The van der Waals surface area contributed by atoms with Crippen LogP contribution < -0.4 is 5.73 Å². The van der Waals surface area contributed by atoms with Gasteiger partial charge in [0.05, 0.1) is 5.56 Å². The molecule has 0 radical (unpaired) electrons. The van der Waals surface area contributed by atoms with E-state index in [2.05, 4.69) is 43.3 Å². The Morgan fingerprint density at radius 2 is 1.84 bits per heavy atom. The third-order valence-corrected chi connectivity index (χ3v) is 5.46. The van der Waals surface area contributed by atoms with Crippen LogP contribution in [0.2, 0.25) is 0 Å². The summed E-state index contributed by atoms with van der Waals surface area (Å²) in [5, 5.41) is 0. The van der Waals surface area contributed by atoms with Crippen LogP contribution in [0.5, 0.6) is 0 Å². The van der Waals surface area contributed by atoms with Crippen molar-refractivity contribution in [3.05, 3.63) is 64.7 Å². The molecule has 1 saturated carbocycles. The standard InChI is InChI=1S/C21H25N3O/c1-23(2)14-21(10-11-21)17-8-6-15(7-9-17)12-24-13-16-4-3-5-18(22)19(16)20(24)25/h3-9H,10-14,22H2,1-2H3. The number of carbonyl (C=O) groups is 1. The van der Waals surface area contributed by atoms with E-state index in [0.29, 0.717) is 29.8 Å². The number of carbonyl (C=O) groups excluding carboxylic acids is 1. The Morgan fingerprint density at radius 3 is 2.44 bits per heavy atom. The van der Waals surface area contributed by atoms with Crippen LogP contribution >= 0.6 is 0 Å². The molecule has 130 valence electrons. The van der Waals surface area contributed by atoms with Crippen molar-refractivity contribution in [3.63, 3.8) is 0 Å². The van der Waals surface area contributed by atoms with Crippen LogP contribution in [0.3, 0.4) is 0 Å². The zero-order valence-electron chi connectivity index (χ0n) is 15.0. The molecule has 4 heteroatoms. The summed E-state index contributed by atoms with van der Waals surface area (Å²) >= 11 is 0. The lowest BCUT2D eigenvalue weighted by molar-refractivity contribution is 0.0767. The quantitative estimate of drug-likeness (QED) is 0.855. The molecule has 0 saturated heterocycles. The first kappa shape index (κ1) is 16.2. The smallest absolute Gasteiger partial charge is 0.256 e. The monoisotopic (exact) mass is 335 g/mol. The Bertz CT molecular complexity index is 806. The van der Waals surface area contributed by atoms with Crippen LogP contribution in [-0.4, -0.2) is 36.3 Å². The summed E-state index contributed by atoms with van der Waals surface area (Å²) in [5.74, 6) is 0.0449. The molecule has 2 aromatic rings. The maximum absolute atomic E-state index is 12.6. The van der Waals surface area contributed by atoms with Crippen molar-refractivity contribution >= 4 is 11.6 Å². The largest absolute Gasteiger partial charge is 0.398 e. The van der Waals surface area contributed by atoms with Gasteiger partial charge in [-0.2, -0.15) is 0 Å². The number of nitrogens with two attached hydrogens (primary N) is 1. The van der Waals surface area contributed by atoms with Crippen molar-refractivity contribution in [1.29, 1.82) is 0 Å². The van der Waals surface area contributed by atoms with Gasteiger partial charge in [-0.05, 0) is 49.7 Å². The number of hydrogen-bond acceptors (Lipinski definition) is 3. The zero-order valence-corrected chi connectivity index (χ0v) is 15.0. The average molecular weight is 335 g/mol. The maximum atomic E-state index is 12.6. The summed E-state index contributed by atoms with van der Waals surface area (Å²) in [6.45, 7) is 2.38. The molecule has 1 fully saturated rings. The molecular weight excluding hydrogens is 310 g/mol. The SMILES string of the molecule is CN(C)CC1(c2ccc(CN3Cc4cccc(N)c4C3=O)cc2)CC1. The van der Waals surface area contributed by atoms with Crippen molar-refractivity contribution in [2.24, 2.45) is 0 Å². The Hall–Kier alpha value is -2.33. The molecule has 0 bridgehead atoms. The molecule has 0 unspecified atom stereocenters. The second kappa shape index (κ2) is 5.88. The van der Waals surface area contributed by atoms with Crippen molar-refractivity contribution in [2.75, 3.05) is 26.4 Å². The summed E-state index contributed by atoms with van der Waals surface area (Å²) in [6, 6.07) is 14.5. The molecule has 0 spiro atoms. The van der Waals surface area contributed by atoms with Gasteiger partial charge in [-0.15, -0.1) is 0 Å². The minimum Gasteiger partial charge on any atom is -0.398 e. The number of nitrogen functional groups attached to an aromatic ring is 1. The number of nitrogens with zero attached hydrogens (tertiary/aromatic N) is 2. The first-order valence-corrected chi connectivity index (χ1v) is 8.89. The minimum absolute atomic E-state index is 0.0449. The predicted molar refractivity (Wildman–Crippen MR) is 100 cm³/mol. The molecule has 0 atom stereocenters. The highest BCUT2D eigenvalue weighted by molar-refractivity contribution is 6.02. The van der Waals surface area contributed by atoms with E-state index in [9.17, 15) is 4.79 Å². The van der Waals surface area contributed by atoms with Crippen LogP contribution in [0.15, 0.2) is 42.5 Å². The van der Waals surface area contributed by atoms with E-state index in [4.69, 9.17) is 5.73 Å². The molecule has 1 heterocycles. The van der Waals surface area contributed by atoms with Gasteiger partial charge in [-0.3, -0.25) is 4.79 Å². The Balaban J connectivity index is 1.48. The summed E-state index contributed by atoms with van der Waals surface area (Å²) in [6.07, 6.45) is 2.54. The molecule has 2 N–H and O–H groups in total. The molecule has 4 rings (SSSR count). The fourth-order valence-corrected chi connectivity index (χ4v) is 4.05. The summed E-state index contributed by atoms with van der Waals surface area (Å²) in [7, 11) is 4.27. The molecule has 2 aromatic carbocycles. The van der Waals surface area contributed by atoms with Gasteiger partial charge in [0.2, 0.25) is 0 Å².